The molecular weight excluding hydrogens is 378 g/mol. The first-order chi connectivity index (χ1) is 13.6. The summed E-state index contributed by atoms with van der Waals surface area (Å²) in [6.07, 6.45) is 3.00. The number of amides is 3. The summed E-state index contributed by atoms with van der Waals surface area (Å²) < 4.78 is 10.6. The van der Waals surface area contributed by atoms with Crippen molar-refractivity contribution in [1.82, 2.24) is 9.80 Å². The summed E-state index contributed by atoms with van der Waals surface area (Å²) in [7, 11) is 1.58. The molecule has 4 rings (SSSR count). The normalized spacial score (nSPS) is 18.3. The molecule has 3 amide bonds. The highest BCUT2D eigenvalue weighted by Gasteiger charge is 2.47. The number of carbonyl (C=O) groups excluding carboxylic acids is 2. The van der Waals surface area contributed by atoms with Crippen molar-refractivity contribution in [1.29, 1.82) is 0 Å². The van der Waals surface area contributed by atoms with Crippen molar-refractivity contribution >= 4 is 29.4 Å². The minimum Gasteiger partial charge on any atom is -0.495 e. The Balaban J connectivity index is 1.41. The maximum atomic E-state index is 12.8. The van der Waals surface area contributed by atoms with Crippen LogP contribution < -0.4 is 10.1 Å². The highest BCUT2D eigenvalue weighted by molar-refractivity contribution is 8.00. The number of nitrogens with one attached hydrogen (secondary N) is 1. The van der Waals surface area contributed by atoms with Gasteiger partial charge in [0.1, 0.15) is 5.75 Å². The Kier molecular flexibility index (Phi) is 5.21. The number of para-hydroxylation sites is 2. The molecule has 0 unspecified atom stereocenters. The standard InChI is InChI=1S/C20H23N3O4S/c1-26-16-6-3-2-5-15(16)21-19(25)22-10-8-20(9-11-22)23(12-14-28-20)18(24)17-7-4-13-27-17/h2-7,13H,8-12,14H2,1H3,(H,21,25). The van der Waals surface area contributed by atoms with E-state index < -0.39 is 0 Å². The minimum absolute atomic E-state index is 0.0677. The van der Waals surface area contributed by atoms with Gasteiger partial charge >= 0.3 is 6.03 Å². The Morgan fingerprint density at radius 1 is 1.14 bits per heavy atom. The van der Waals surface area contributed by atoms with E-state index in [2.05, 4.69) is 5.32 Å². The third-order valence-corrected chi connectivity index (χ3v) is 6.89. The zero-order chi connectivity index (χ0) is 19.6. The number of piperidine rings is 1. The summed E-state index contributed by atoms with van der Waals surface area (Å²) in [5.41, 5.74) is 0.653. The van der Waals surface area contributed by atoms with Crippen molar-refractivity contribution in [2.24, 2.45) is 0 Å². The van der Waals surface area contributed by atoms with Gasteiger partial charge in [0.2, 0.25) is 0 Å². The lowest BCUT2D eigenvalue weighted by Crippen LogP contribution is -2.54. The van der Waals surface area contributed by atoms with Gasteiger partial charge < -0.3 is 24.3 Å². The smallest absolute Gasteiger partial charge is 0.321 e. The van der Waals surface area contributed by atoms with E-state index in [4.69, 9.17) is 9.15 Å². The molecule has 2 aliphatic rings. The molecule has 1 aromatic heterocycles. The maximum Gasteiger partial charge on any atom is 0.321 e. The van der Waals surface area contributed by atoms with Gasteiger partial charge in [-0.05, 0) is 37.1 Å². The van der Waals surface area contributed by atoms with E-state index in [0.29, 0.717) is 36.8 Å². The predicted octanol–water partition coefficient (Wildman–Crippen LogP) is 3.50. The fraction of sp³-hybridized carbons (Fsp3) is 0.400. The molecule has 0 radical (unpaired) electrons. The number of nitrogens with zero attached hydrogens (tertiary/aromatic N) is 2. The van der Waals surface area contributed by atoms with Crippen LogP contribution in [0.15, 0.2) is 47.1 Å². The number of furan rings is 1. The molecule has 1 N–H and O–H groups in total. The number of hydrogen-bond acceptors (Lipinski definition) is 5. The van der Waals surface area contributed by atoms with E-state index in [1.807, 2.05) is 40.9 Å². The van der Waals surface area contributed by atoms with Crippen LogP contribution in [-0.4, -0.2) is 59.1 Å². The molecule has 0 saturated carbocycles. The number of carbonyl (C=O) groups is 2. The lowest BCUT2D eigenvalue weighted by atomic mass is 10.0. The SMILES string of the molecule is COc1ccccc1NC(=O)N1CCC2(CC1)SCCN2C(=O)c1ccco1. The topological polar surface area (TPSA) is 75.0 Å². The third kappa shape index (κ3) is 3.44. The Labute approximate surface area is 168 Å². The summed E-state index contributed by atoms with van der Waals surface area (Å²) in [5, 5.41) is 2.93. The average Bonchev–Trinajstić information content (AvgIpc) is 3.39. The van der Waals surface area contributed by atoms with Crippen molar-refractivity contribution in [3.05, 3.63) is 48.4 Å². The number of likely N-dealkylation sites (tertiary alicyclic amines) is 1. The average molecular weight is 401 g/mol. The van der Waals surface area contributed by atoms with Crippen molar-refractivity contribution in [2.75, 3.05) is 37.8 Å². The third-order valence-electron chi connectivity index (χ3n) is 5.34. The lowest BCUT2D eigenvalue weighted by Gasteiger charge is -2.43. The van der Waals surface area contributed by atoms with Crippen LogP contribution in [0.1, 0.15) is 23.4 Å². The molecule has 0 aliphatic carbocycles. The van der Waals surface area contributed by atoms with E-state index in [-0.39, 0.29) is 16.8 Å². The molecule has 2 aliphatic heterocycles. The number of benzene rings is 1. The molecule has 2 saturated heterocycles. The number of thioether (sulfide) groups is 1. The van der Waals surface area contributed by atoms with Crippen molar-refractivity contribution < 1.29 is 18.7 Å². The van der Waals surface area contributed by atoms with Crippen LogP contribution in [-0.2, 0) is 0 Å². The van der Waals surface area contributed by atoms with Crippen molar-refractivity contribution in [2.45, 2.75) is 17.7 Å². The van der Waals surface area contributed by atoms with Gasteiger partial charge in [-0.3, -0.25) is 4.79 Å². The zero-order valence-electron chi connectivity index (χ0n) is 15.7. The van der Waals surface area contributed by atoms with Crippen LogP contribution in [0, 0.1) is 0 Å². The lowest BCUT2D eigenvalue weighted by molar-refractivity contribution is 0.0554. The Bertz CT molecular complexity index is 847. The van der Waals surface area contributed by atoms with Crippen LogP contribution in [0.2, 0.25) is 0 Å². The van der Waals surface area contributed by atoms with E-state index in [1.54, 1.807) is 24.1 Å². The van der Waals surface area contributed by atoms with Crippen LogP contribution in [0.4, 0.5) is 10.5 Å². The quantitative estimate of drug-likeness (QED) is 0.852. The van der Waals surface area contributed by atoms with E-state index >= 15 is 0 Å². The number of hydrogen-bond donors (Lipinski definition) is 1. The van der Waals surface area contributed by atoms with Gasteiger partial charge in [0.05, 0.1) is 23.9 Å². The number of urea groups is 1. The Morgan fingerprint density at radius 2 is 1.93 bits per heavy atom. The zero-order valence-corrected chi connectivity index (χ0v) is 16.5. The first kappa shape index (κ1) is 18.7. The van der Waals surface area contributed by atoms with E-state index in [9.17, 15) is 9.59 Å². The van der Waals surface area contributed by atoms with Crippen LogP contribution in [0.25, 0.3) is 0 Å². The molecule has 0 bridgehead atoms. The molecular formula is C20H23N3O4S. The summed E-state index contributed by atoms with van der Waals surface area (Å²) in [6.45, 7) is 1.89. The van der Waals surface area contributed by atoms with Crippen LogP contribution in [0.5, 0.6) is 5.75 Å². The molecule has 1 spiro atoms. The second kappa shape index (κ2) is 7.79. The molecule has 2 aromatic rings. The number of ether oxygens (including phenoxy) is 1. The second-order valence-corrected chi connectivity index (χ2v) is 8.30. The van der Waals surface area contributed by atoms with Gasteiger partial charge in [0.25, 0.3) is 5.91 Å². The van der Waals surface area contributed by atoms with Gasteiger partial charge in [-0.1, -0.05) is 12.1 Å². The number of anilines is 1. The fourth-order valence-electron chi connectivity index (χ4n) is 3.84. The Hall–Kier alpha value is -2.61. The molecule has 8 heteroatoms. The van der Waals surface area contributed by atoms with Gasteiger partial charge in [-0.15, -0.1) is 11.8 Å². The summed E-state index contributed by atoms with van der Waals surface area (Å²) >= 11 is 1.81. The van der Waals surface area contributed by atoms with Crippen LogP contribution >= 0.6 is 11.8 Å². The Morgan fingerprint density at radius 3 is 2.64 bits per heavy atom. The fourth-order valence-corrected chi connectivity index (χ4v) is 5.30. The van der Waals surface area contributed by atoms with Gasteiger partial charge in [-0.25, -0.2) is 4.79 Å². The molecule has 28 heavy (non-hydrogen) atoms. The van der Waals surface area contributed by atoms with Gasteiger partial charge in [0.15, 0.2) is 5.76 Å². The summed E-state index contributed by atoms with van der Waals surface area (Å²) in [6, 6.07) is 10.6. The van der Waals surface area contributed by atoms with Gasteiger partial charge in [-0.2, -0.15) is 0 Å². The molecule has 3 heterocycles. The highest BCUT2D eigenvalue weighted by Crippen LogP contribution is 2.44. The molecule has 0 atom stereocenters. The number of rotatable bonds is 3. The van der Waals surface area contributed by atoms with E-state index in [0.717, 1.165) is 18.6 Å². The maximum absolute atomic E-state index is 12.8. The number of methoxy groups -OCH3 is 1. The highest BCUT2D eigenvalue weighted by atomic mass is 32.2. The van der Waals surface area contributed by atoms with Crippen molar-refractivity contribution in [3.63, 3.8) is 0 Å². The molecule has 1 aromatic carbocycles. The molecule has 148 valence electrons. The first-order valence-corrected chi connectivity index (χ1v) is 10.3. The van der Waals surface area contributed by atoms with Crippen molar-refractivity contribution in [3.8, 4) is 5.75 Å². The largest absolute Gasteiger partial charge is 0.495 e. The summed E-state index contributed by atoms with van der Waals surface area (Å²) in [5.74, 6) is 1.84. The molecule has 2 fully saturated rings. The molecule has 7 nitrogen and oxygen atoms in total. The predicted molar refractivity (Wildman–Crippen MR) is 108 cm³/mol. The first-order valence-electron chi connectivity index (χ1n) is 9.31. The second-order valence-electron chi connectivity index (χ2n) is 6.85. The van der Waals surface area contributed by atoms with Gasteiger partial charge in [0, 0.05) is 25.4 Å². The van der Waals surface area contributed by atoms with E-state index in [1.165, 1.54) is 6.26 Å². The minimum atomic E-state index is -0.259. The van der Waals surface area contributed by atoms with Crippen LogP contribution in [0.3, 0.4) is 0 Å². The monoisotopic (exact) mass is 401 g/mol. The summed E-state index contributed by atoms with van der Waals surface area (Å²) in [4.78, 5) is 29.0.